The minimum atomic E-state index is 0.656. The minimum absolute atomic E-state index is 0.656. The van der Waals surface area contributed by atoms with Gasteiger partial charge in [-0.3, -0.25) is 0 Å². The maximum Gasteiger partial charge on any atom is 0.0587 e. The molecular formula is C14H22BrNOS. The van der Waals surface area contributed by atoms with Crippen LogP contribution >= 0.6 is 27.7 Å². The van der Waals surface area contributed by atoms with Gasteiger partial charge in [0.1, 0.15) is 0 Å². The number of benzene rings is 1. The zero-order valence-electron chi connectivity index (χ0n) is 11.3. The maximum atomic E-state index is 5.04. The lowest BCUT2D eigenvalue weighted by Gasteiger charge is -2.14. The maximum absolute atomic E-state index is 5.04. The molecule has 1 N–H and O–H groups in total. The second-order valence-corrected chi connectivity index (χ2v) is 6.65. The molecule has 18 heavy (non-hydrogen) atoms. The van der Waals surface area contributed by atoms with Gasteiger partial charge < -0.3 is 10.1 Å². The molecule has 0 heterocycles. The van der Waals surface area contributed by atoms with E-state index >= 15 is 0 Å². The van der Waals surface area contributed by atoms with E-state index in [0.717, 1.165) is 24.2 Å². The van der Waals surface area contributed by atoms with E-state index in [9.17, 15) is 0 Å². The summed E-state index contributed by atoms with van der Waals surface area (Å²) >= 11 is 5.49. The molecule has 1 aromatic rings. The molecule has 4 heteroatoms. The van der Waals surface area contributed by atoms with Gasteiger partial charge in [-0.25, -0.2) is 0 Å². The van der Waals surface area contributed by atoms with Crippen LogP contribution < -0.4 is 5.32 Å². The summed E-state index contributed by atoms with van der Waals surface area (Å²) in [5.41, 5.74) is 1.35. The number of ether oxygens (including phenoxy) is 1. The summed E-state index contributed by atoms with van der Waals surface area (Å²) in [6.45, 7) is 7.03. The third kappa shape index (κ3) is 5.74. The lowest BCUT2D eigenvalue weighted by atomic mass is 10.2. The lowest BCUT2D eigenvalue weighted by molar-refractivity contribution is 0.199. The molecule has 102 valence electrons. The summed E-state index contributed by atoms with van der Waals surface area (Å²) in [7, 11) is 1.73. The van der Waals surface area contributed by atoms with Gasteiger partial charge >= 0.3 is 0 Å². The van der Waals surface area contributed by atoms with Gasteiger partial charge in [-0.1, -0.05) is 29.8 Å². The fourth-order valence-electron chi connectivity index (χ4n) is 1.50. The number of hydrogen-bond donors (Lipinski definition) is 1. The molecule has 0 bridgehead atoms. The topological polar surface area (TPSA) is 21.3 Å². The number of halogens is 1. The summed E-state index contributed by atoms with van der Waals surface area (Å²) in [6, 6.07) is 6.52. The Hall–Kier alpha value is -0.0300. The van der Waals surface area contributed by atoms with Crippen molar-refractivity contribution in [3.05, 3.63) is 28.2 Å². The molecule has 0 amide bonds. The summed E-state index contributed by atoms with van der Waals surface area (Å²) in [5, 5.41) is 4.06. The van der Waals surface area contributed by atoms with Gasteiger partial charge in [-0.2, -0.15) is 0 Å². The van der Waals surface area contributed by atoms with Crippen LogP contribution in [-0.4, -0.2) is 25.5 Å². The standard InChI is InChI=1S/C14H22BrNOS/c1-4-11(2)18-14-6-5-13(15)9-12(14)10-16-7-8-17-3/h5-6,9,11,16H,4,7-8,10H2,1-3H3. The average Bonchev–Trinajstić information content (AvgIpc) is 2.37. The van der Waals surface area contributed by atoms with E-state index in [2.05, 4.69) is 53.3 Å². The first-order valence-corrected chi connectivity index (χ1v) is 7.99. The number of rotatable bonds is 8. The third-order valence-corrected chi connectivity index (χ3v) is 4.61. The van der Waals surface area contributed by atoms with Crippen molar-refractivity contribution in [3.8, 4) is 0 Å². The van der Waals surface area contributed by atoms with Gasteiger partial charge in [-0.15, -0.1) is 11.8 Å². The van der Waals surface area contributed by atoms with E-state index in [1.807, 2.05) is 11.8 Å². The Kier molecular flexibility index (Phi) is 7.98. The Morgan fingerprint density at radius 3 is 2.89 bits per heavy atom. The largest absolute Gasteiger partial charge is 0.383 e. The molecule has 0 fully saturated rings. The summed E-state index contributed by atoms with van der Waals surface area (Å²) < 4.78 is 6.18. The van der Waals surface area contributed by atoms with Crippen LogP contribution in [0.3, 0.4) is 0 Å². The van der Waals surface area contributed by atoms with Gasteiger partial charge in [0, 0.05) is 34.8 Å². The Morgan fingerprint density at radius 2 is 2.22 bits per heavy atom. The number of nitrogens with one attached hydrogen (secondary N) is 1. The van der Waals surface area contributed by atoms with E-state index in [1.165, 1.54) is 16.9 Å². The van der Waals surface area contributed by atoms with Crippen molar-refractivity contribution in [1.82, 2.24) is 5.32 Å². The van der Waals surface area contributed by atoms with Crippen LogP contribution in [0.15, 0.2) is 27.6 Å². The van der Waals surface area contributed by atoms with Crippen LogP contribution in [0.4, 0.5) is 0 Å². The van der Waals surface area contributed by atoms with Crippen molar-refractivity contribution in [2.75, 3.05) is 20.3 Å². The highest BCUT2D eigenvalue weighted by Gasteiger charge is 2.07. The van der Waals surface area contributed by atoms with Crippen LogP contribution in [0.25, 0.3) is 0 Å². The Morgan fingerprint density at radius 1 is 1.44 bits per heavy atom. The highest BCUT2D eigenvalue weighted by Crippen LogP contribution is 2.30. The Balaban J connectivity index is 2.64. The molecular weight excluding hydrogens is 310 g/mol. The fraction of sp³-hybridized carbons (Fsp3) is 0.571. The highest BCUT2D eigenvalue weighted by molar-refractivity contribution is 9.10. The summed E-state index contributed by atoms with van der Waals surface area (Å²) in [6.07, 6.45) is 1.19. The normalized spacial score (nSPS) is 12.7. The van der Waals surface area contributed by atoms with Crippen molar-refractivity contribution in [2.45, 2.75) is 37.0 Å². The molecule has 0 saturated heterocycles. The van der Waals surface area contributed by atoms with Gasteiger partial charge in [0.15, 0.2) is 0 Å². The lowest BCUT2D eigenvalue weighted by Crippen LogP contribution is -2.19. The molecule has 1 aromatic carbocycles. The van der Waals surface area contributed by atoms with Crippen molar-refractivity contribution in [1.29, 1.82) is 0 Å². The van der Waals surface area contributed by atoms with Crippen LogP contribution in [0.1, 0.15) is 25.8 Å². The Labute approximate surface area is 123 Å². The highest BCUT2D eigenvalue weighted by atomic mass is 79.9. The van der Waals surface area contributed by atoms with Gasteiger partial charge in [0.25, 0.3) is 0 Å². The van der Waals surface area contributed by atoms with Gasteiger partial charge in [0.05, 0.1) is 6.61 Å². The summed E-state index contributed by atoms with van der Waals surface area (Å²) in [5.74, 6) is 0. The second kappa shape index (κ2) is 8.97. The van der Waals surface area contributed by atoms with E-state index in [0.29, 0.717) is 5.25 Å². The van der Waals surface area contributed by atoms with Crippen LogP contribution in [0.2, 0.25) is 0 Å². The SMILES string of the molecule is CCC(C)Sc1ccc(Br)cc1CNCCOC. The molecule has 1 unspecified atom stereocenters. The Bertz CT molecular complexity index is 360. The second-order valence-electron chi connectivity index (χ2n) is 4.26. The van der Waals surface area contributed by atoms with Gasteiger partial charge in [-0.05, 0) is 30.2 Å². The molecule has 0 saturated carbocycles. The summed E-state index contributed by atoms with van der Waals surface area (Å²) in [4.78, 5) is 1.37. The van der Waals surface area contributed by atoms with Crippen molar-refractivity contribution >= 4 is 27.7 Å². The predicted octanol–water partition coefficient (Wildman–Crippen LogP) is 4.08. The first-order chi connectivity index (χ1) is 8.67. The van der Waals surface area contributed by atoms with E-state index in [4.69, 9.17) is 4.74 Å². The third-order valence-electron chi connectivity index (χ3n) is 2.72. The minimum Gasteiger partial charge on any atom is -0.383 e. The smallest absolute Gasteiger partial charge is 0.0587 e. The molecule has 0 spiro atoms. The zero-order valence-corrected chi connectivity index (χ0v) is 13.7. The molecule has 1 rings (SSSR count). The van der Waals surface area contributed by atoms with E-state index in [1.54, 1.807) is 7.11 Å². The first-order valence-electron chi connectivity index (χ1n) is 6.32. The quantitative estimate of drug-likeness (QED) is 0.573. The van der Waals surface area contributed by atoms with Crippen LogP contribution in [0.5, 0.6) is 0 Å². The number of thioether (sulfide) groups is 1. The number of methoxy groups -OCH3 is 1. The van der Waals surface area contributed by atoms with Crippen molar-refractivity contribution < 1.29 is 4.74 Å². The van der Waals surface area contributed by atoms with Crippen LogP contribution in [-0.2, 0) is 11.3 Å². The fourth-order valence-corrected chi connectivity index (χ4v) is 2.94. The number of hydrogen-bond acceptors (Lipinski definition) is 3. The molecule has 0 aliphatic rings. The molecule has 2 nitrogen and oxygen atoms in total. The van der Waals surface area contributed by atoms with Crippen LogP contribution in [0, 0.1) is 0 Å². The van der Waals surface area contributed by atoms with E-state index in [-0.39, 0.29) is 0 Å². The molecule has 0 aliphatic carbocycles. The molecule has 0 aromatic heterocycles. The molecule has 1 atom stereocenters. The molecule has 0 aliphatic heterocycles. The van der Waals surface area contributed by atoms with Gasteiger partial charge in [0.2, 0.25) is 0 Å². The van der Waals surface area contributed by atoms with Crippen molar-refractivity contribution in [2.24, 2.45) is 0 Å². The zero-order chi connectivity index (χ0) is 13.4. The van der Waals surface area contributed by atoms with E-state index < -0.39 is 0 Å². The first kappa shape index (κ1) is 16.0. The molecule has 0 radical (unpaired) electrons. The average molecular weight is 332 g/mol. The van der Waals surface area contributed by atoms with Crippen molar-refractivity contribution in [3.63, 3.8) is 0 Å². The predicted molar refractivity (Wildman–Crippen MR) is 83.3 cm³/mol. The monoisotopic (exact) mass is 331 g/mol.